The van der Waals surface area contributed by atoms with Crippen molar-refractivity contribution in [3.05, 3.63) is 24.3 Å². The van der Waals surface area contributed by atoms with Crippen molar-refractivity contribution in [1.29, 1.82) is 0 Å². The van der Waals surface area contributed by atoms with Gasteiger partial charge in [0.25, 0.3) is 7.82 Å². The lowest BCUT2D eigenvalue weighted by Gasteiger charge is -2.30. The van der Waals surface area contributed by atoms with Crippen molar-refractivity contribution in [2.24, 2.45) is 0 Å². The molecule has 3 atom stereocenters. The number of hydrogen-bond donors (Lipinski definition) is 1. The minimum Gasteiger partial charge on any atom is -0.756 e. The molecule has 0 rings (SSSR count). The third-order valence-corrected chi connectivity index (χ3v) is 16.3. The van der Waals surface area contributed by atoms with Crippen LogP contribution in [0.25, 0.3) is 0 Å². The monoisotopic (exact) mass is 1110 g/mol. The van der Waals surface area contributed by atoms with Gasteiger partial charge in [-0.05, 0) is 57.4 Å². The lowest BCUT2D eigenvalue weighted by atomic mass is 10.0. The quantitative estimate of drug-likeness (QED) is 0.0212. The molecule has 456 valence electrons. The molecule has 0 heterocycles. The maximum absolute atomic E-state index is 13.6. The third-order valence-electron chi connectivity index (χ3n) is 15.4. The van der Waals surface area contributed by atoms with Gasteiger partial charge in [-0.2, -0.15) is 0 Å². The highest BCUT2D eigenvalue weighted by atomic mass is 31.2. The van der Waals surface area contributed by atoms with E-state index in [9.17, 15) is 19.0 Å². The maximum Gasteiger partial charge on any atom is 0.306 e. The van der Waals surface area contributed by atoms with Crippen LogP contribution in [-0.4, -0.2) is 69.4 Å². The summed E-state index contributed by atoms with van der Waals surface area (Å²) in [6.45, 7) is 6.89. The molecule has 1 N–H and O–H groups in total. The summed E-state index contributed by atoms with van der Waals surface area (Å²) in [4.78, 5) is 40.0. The number of hydrogen-bond acceptors (Lipinski definition) is 7. The van der Waals surface area contributed by atoms with E-state index in [4.69, 9.17) is 13.8 Å². The largest absolute Gasteiger partial charge is 0.756 e. The smallest absolute Gasteiger partial charge is 0.306 e. The molecule has 77 heavy (non-hydrogen) atoms. The number of nitrogens with one attached hydrogen (secondary N) is 1. The zero-order valence-electron chi connectivity index (χ0n) is 52.2. The number of amides is 1. The Morgan fingerprint density at radius 1 is 0.442 bits per heavy atom. The predicted molar refractivity (Wildman–Crippen MR) is 330 cm³/mol. The molecule has 0 aliphatic rings. The number of allylic oxidation sites excluding steroid dienone is 3. The molecule has 0 radical (unpaired) electrons. The summed E-state index contributed by atoms with van der Waals surface area (Å²) >= 11 is 0. The van der Waals surface area contributed by atoms with E-state index in [1.165, 1.54) is 250 Å². The van der Waals surface area contributed by atoms with Gasteiger partial charge in [0, 0.05) is 12.8 Å². The lowest BCUT2D eigenvalue weighted by Crippen LogP contribution is -2.47. The average molecular weight is 1110 g/mol. The molecule has 10 heteroatoms. The zero-order valence-corrected chi connectivity index (χ0v) is 53.1. The fraction of sp³-hybridized carbons (Fsp3) is 0.910. The van der Waals surface area contributed by atoms with Gasteiger partial charge in [0.1, 0.15) is 19.3 Å². The topological polar surface area (TPSA) is 114 Å². The zero-order chi connectivity index (χ0) is 56.4. The van der Waals surface area contributed by atoms with E-state index in [0.717, 1.165) is 57.8 Å². The highest BCUT2D eigenvalue weighted by Crippen LogP contribution is 2.38. The number of unbranched alkanes of at least 4 members (excludes halogenated alkanes) is 44. The fourth-order valence-corrected chi connectivity index (χ4v) is 10.9. The highest BCUT2D eigenvalue weighted by molar-refractivity contribution is 7.45. The first-order valence-electron chi connectivity index (χ1n) is 33.6. The first-order valence-corrected chi connectivity index (χ1v) is 35.1. The van der Waals surface area contributed by atoms with E-state index < -0.39 is 20.0 Å². The normalized spacial score (nSPS) is 13.7. The van der Waals surface area contributed by atoms with E-state index in [1.807, 2.05) is 33.3 Å². The van der Waals surface area contributed by atoms with Crippen LogP contribution in [-0.2, 0) is 27.9 Å². The van der Waals surface area contributed by atoms with Gasteiger partial charge in [0.05, 0.1) is 33.8 Å². The number of ether oxygens (including phenoxy) is 1. The number of nitrogens with zero attached hydrogens (tertiary/aromatic N) is 1. The van der Waals surface area contributed by atoms with Gasteiger partial charge in [-0.25, -0.2) is 0 Å². The number of carbonyl (C=O) groups excluding carboxylic acids is 2. The molecule has 0 fully saturated rings. The molecule has 9 nitrogen and oxygen atoms in total. The van der Waals surface area contributed by atoms with Crippen LogP contribution in [0.1, 0.15) is 342 Å². The molecule has 0 spiro atoms. The molecule has 1 amide bonds. The second kappa shape index (κ2) is 57.7. The molecule has 0 aromatic rings. The first-order chi connectivity index (χ1) is 37.4. The van der Waals surface area contributed by atoms with Crippen LogP contribution in [0.2, 0.25) is 0 Å². The van der Waals surface area contributed by atoms with Gasteiger partial charge in [-0.1, -0.05) is 296 Å². The summed E-state index contributed by atoms with van der Waals surface area (Å²) in [6.07, 6.45) is 68.7. The van der Waals surface area contributed by atoms with Crippen molar-refractivity contribution >= 4 is 19.7 Å². The highest BCUT2D eigenvalue weighted by Gasteiger charge is 2.27. The van der Waals surface area contributed by atoms with Crippen molar-refractivity contribution in [1.82, 2.24) is 5.32 Å². The van der Waals surface area contributed by atoms with Crippen molar-refractivity contribution in [2.75, 3.05) is 40.9 Å². The van der Waals surface area contributed by atoms with Crippen LogP contribution in [0.15, 0.2) is 24.3 Å². The Morgan fingerprint density at radius 3 is 1.10 bits per heavy atom. The van der Waals surface area contributed by atoms with Gasteiger partial charge in [-0.15, -0.1) is 0 Å². The van der Waals surface area contributed by atoms with E-state index in [2.05, 4.69) is 38.2 Å². The third kappa shape index (κ3) is 58.9. The van der Waals surface area contributed by atoms with Crippen LogP contribution in [0.5, 0.6) is 0 Å². The Hall–Kier alpha value is -1.51. The number of phosphoric acid groups is 1. The Bertz CT molecular complexity index is 1370. The number of phosphoric ester groups is 1. The van der Waals surface area contributed by atoms with Crippen LogP contribution in [0.3, 0.4) is 0 Å². The second-order valence-corrected chi connectivity index (χ2v) is 25.7. The molecule has 0 aromatic carbocycles. The summed E-state index contributed by atoms with van der Waals surface area (Å²) in [5.74, 6) is -0.521. The first kappa shape index (κ1) is 75.5. The Balaban J connectivity index is 5.02. The second-order valence-electron chi connectivity index (χ2n) is 24.3. The van der Waals surface area contributed by atoms with E-state index in [-0.39, 0.29) is 31.5 Å². The van der Waals surface area contributed by atoms with E-state index in [1.54, 1.807) is 0 Å². The van der Waals surface area contributed by atoms with Gasteiger partial charge in [-0.3, -0.25) is 14.2 Å². The molecule has 0 saturated carbocycles. The molecule has 0 aromatic heterocycles. The number of rotatable bonds is 62. The van der Waals surface area contributed by atoms with E-state index >= 15 is 0 Å². The average Bonchev–Trinajstić information content (AvgIpc) is 3.39. The Morgan fingerprint density at radius 2 is 0.753 bits per heavy atom. The Labute approximate surface area is 479 Å². The summed E-state index contributed by atoms with van der Waals surface area (Å²) < 4.78 is 30.4. The number of carbonyl (C=O) groups is 2. The predicted octanol–water partition coefficient (Wildman–Crippen LogP) is 20.3. The lowest BCUT2D eigenvalue weighted by molar-refractivity contribution is -0.870. The summed E-state index contributed by atoms with van der Waals surface area (Å²) in [7, 11) is 1.20. The van der Waals surface area contributed by atoms with Gasteiger partial charge in [0.15, 0.2) is 0 Å². The van der Waals surface area contributed by atoms with Crippen molar-refractivity contribution in [3.8, 4) is 0 Å². The van der Waals surface area contributed by atoms with Crippen molar-refractivity contribution in [3.63, 3.8) is 0 Å². The Kier molecular flexibility index (Phi) is 56.6. The van der Waals surface area contributed by atoms with Gasteiger partial charge < -0.3 is 28.5 Å². The molecule has 0 bridgehead atoms. The fourth-order valence-electron chi connectivity index (χ4n) is 10.2. The number of quaternary nitrogens is 1. The molecule has 0 aliphatic carbocycles. The molecule has 3 unspecified atom stereocenters. The van der Waals surface area contributed by atoms with Gasteiger partial charge >= 0.3 is 5.97 Å². The van der Waals surface area contributed by atoms with Crippen molar-refractivity contribution in [2.45, 2.75) is 354 Å². The summed E-state index contributed by atoms with van der Waals surface area (Å²) in [5.41, 5.74) is 0. The van der Waals surface area contributed by atoms with E-state index in [0.29, 0.717) is 17.4 Å². The summed E-state index contributed by atoms with van der Waals surface area (Å²) in [6, 6.07) is -0.882. The molecular formula is C67H131N2O7P. The van der Waals surface area contributed by atoms with Crippen LogP contribution >= 0.6 is 7.82 Å². The number of likely N-dealkylation sites (N-methyl/N-ethyl adjacent to an activating group) is 1. The van der Waals surface area contributed by atoms with Crippen molar-refractivity contribution < 1.29 is 37.3 Å². The molecular weight excluding hydrogens is 976 g/mol. The summed E-state index contributed by atoms with van der Waals surface area (Å²) in [5, 5.41) is 3.04. The van der Waals surface area contributed by atoms with Crippen LogP contribution in [0.4, 0.5) is 0 Å². The minimum atomic E-state index is -4.69. The van der Waals surface area contributed by atoms with Crippen LogP contribution in [0, 0.1) is 0 Å². The minimum absolute atomic E-state index is 0.0180. The maximum atomic E-state index is 13.6. The van der Waals surface area contributed by atoms with Gasteiger partial charge in [0.2, 0.25) is 5.91 Å². The van der Waals surface area contributed by atoms with Crippen LogP contribution < -0.4 is 10.2 Å². The molecule has 0 aliphatic heterocycles. The number of esters is 1. The molecule has 0 saturated heterocycles. The SMILES string of the molecule is CCCCCCCC/C=C/CCCCCCCCCCCCCCCCCC(=O)NC(COP(=O)([O-])OCC[N+](C)(C)C)C(/C=C\CCCCCCCCCCCC)OC(=O)CCCCCCCCCCCCCCCC. The standard InChI is InChI=1S/C67H131N2O7P/c1-7-10-13-16-19-22-25-28-30-31-32-33-34-35-36-37-38-39-40-41-44-47-50-53-56-59-66(70)68-64(63-75-77(72,73)74-62-61-69(4,5)6)65(58-55-52-49-46-43-27-24-21-18-15-12-9-3)76-67(71)60-57-54-51-48-45-42-29-26-23-20-17-14-11-8-2/h28,30,55,58,64-65H,7-27,29,31-54,56-57,59-63H2,1-6H3,(H-,68,70,72,73)/b30-28+,58-55-.